The molecule has 0 amide bonds. The van der Waals surface area contributed by atoms with Crippen LogP contribution in [0.3, 0.4) is 0 Å². The molecule has 22 heavy (non-hydrogen) atoms. The number of nitrogens with two attached hydrogens (primary N) is 1. The van der Waals surface area contributed by atoms with Crippen molar-refractivity contribution in [3.8, 4) is 11.3 Å². The van der Waals surface area contributed by atoms with Gasteiger partial charge in [-0.25, -0.2) is 4.68 Å². The van der Waals surface area contributed by atoms with Crippen molar-refractivity contribution in [1.29, 1.82) is 5.41 Å². The third-order valence-corrected chi connectivity index (χ3v) is 3.57. The van der Waals surface area contributed by atoms with Crippen LogP contribution in [0.5, 0.6) is 0 Å². The fraction of sp³-hybridized carbons (Fsp3) is 0.250. The molecule has 0 aliphatic carbocycles. The molecule has 1 aromatic carbocycles. The third kappa shape index (κ3) is 3.17. The van der Waals surface area contributed by atoms with Gasteiger partial charge in [0.15, 0.2) is 0 Å². The molecule has 114 valence electrons. The Bertz CT molecular complexity index is 671. The Morgan fingerprint density at radius 3 is 2.64 bits per heavy atom. The van der Waals surface area contributed by atoms with Crippen molar-refractivity contribution in [3.05, 3.63) is 54.5 Å². The Kier molecular flexibility index (Phi) is 4.20. The van der Waals surface area contributed by atoms with Gasteiger partial charge in [-0.15, -0.1) is 0 Å². The van der Waals surface area contributed by atoms with Gasteiger partial charge < -0.3 is 15.4 Å². The number of morpholine rings is 1. The van der Waals surface area contributed by atoms with E-state index in [9.17, 15) is 0 Å². The number of hydrogen-bond donors (Lipinski definition) is 2. The summed E-state index contributed by atoms with van der Waals surface area (Å²) in [6.07, 6.45) is 3.40. The van der Waals surface area contributed by atoms with Crippen molar-refractivity contribution >= 4 is 5.84 Å². The van der Waals surface area contributed by atoms with Crippen LogP contribution in [0.2, 0.25) is 0 Å². The van der Waals surface area contributed by atoms with Crippen molar-refractivity contribution in [2.24, 2.45) is 5.73 Å². The van der Waals surface area contributed by atoms with E-state index in [1.165, 1.54) is 4.68 Å². The lowest BCUT2D eigenvalue weighted by Gasteiger charge is -2.28. The summed E-state index contributed by atoms with van der Waals surface area (Å²) < 4.78 is 6.82. The van der Waals surface area contributed by atoms with E-state index in [1.54, 1.807) is 12.3 Å². The molecule has 1 fully saturated rings. The first kappa shape index (κ1) is 14.3. The summed E-state index contributed by atoms with van der Waals surface area (Å²) in [6.45, 7) is 2.84. The van der Waals surface area contributed by atoms with Gasteiger partial charge in [-0.1, -0.05) is 30.3 Å². The summed E-state index contributed by atoms with van der Waals surface area (Å²) >= 11 is 0. The molecule has 0 spiro atoms. The Morgan fingerprint density at radius 2 is 1.91 bits per heavy atom. The van der Waals surface area contributed by atoms with Gasteiger partial charge in [0.25, 0.3) is 0 Å². The molecule has 0 bridgehead atoms. The molecule has 0 unspecified atom stereocenters. The van der Waals surface area contributed by atoms with E-state index in [0.29, 0.717) is 19.0 Å². The van der Waals surface area contributed by atoms with E-state index in [1.807, 2.05) is 41.3 Å². The molecule has 0 saturated carbocycles. The molecule has 2 heterocycles. The second-order valence-corrected chi connectivity index (χ2v) is 5.07. The van der Waals surface area contributed by atoms with Crippen LogP contribution >= 0.6 is 0 Å². The van der Waals surface area contributed by atoms with Crippen LogP contribution in [-0.2, 0) is 4.74 Å². The van der Waals surface area contributed by atoms with E-state index in [4.69, 9.17) is 15.9 Å². The predicted octanol–water partition coefficient (Wildman–Crippen LogP) is 1.51. The average Bonchev–Trinajstić information content (AvgIpc) is 3.06. The fourth-order valence-corrected chi connectivity index (χ4v) is 2.34. The summed E-state index contributed by atoms with van der Waals surface area (Å²) in [5.41, 5.74) is 7.92. The average molecular weight is 297 g/mol. The molecule has 1 aliphatic rings. The highest BCUT2D eigenvalue weighted by Crippen LogP contribution is 2.15. The predicted molar refractivity (Wildman–Crippen MR) is 85.5 cm³/mol. The quantitative estimate of drug-likeness (QED) is 0.665. The van der Waals surface area contributed by atoms with Crippen LogP contribution < -0.4 is 5.73 Å². The SMILES string of the molecule is N=C(/C=C(\N)N1CCOCC1)n1ccc(-c2ccccc2)n1. The van der Waals surface area contributed by atoms with Gasteiger partial charge in [0.05, 0.1) is 18.9 Å². The number of allylic oxidation sites excluding steroid dienone is 1. The second-order valence-electron chi connectivity index (χ2n) is 5.07. The van der Waals surface area contributed by atoms with Crippen molar-refractivity contribution in [3.63, 3.8) is 0 Å². The van der Waals surface area contributed by atoms with E-state index >= 15 is 0 Å². The molecule has 0 radical (unpaired) electrons. The highest BCUT2D eigenvalue weighted by atomic mass is 16.5. The van der Waals surface area contributed by atoms with Crippen LogP contribution in [0.25, 0.3) is 11.3 Å². The Balaban J connectivity index is 1.74. The second kappa shape index (κ2) is 6.44. The van der Waals surface area contributed by atoms with Crippen LogP contribution in [-0.4, -0.2) is 46.8 Å². The van der Waals surface area contributed by atoms with Crippen LogP contribution in [0.15, 0.2) is 54.5 Å². The highest BCUT2D eigenvalue weighted by molar-refractivity contribution is 5.92. The summed E-state index contributed by atoms with van der Waals surface area (Å²) in [7, 11) is 0. The molecule has 1 saturated heterocycles. The van der Waals surface area contributed by atoms with Gasteiger partial charge in [-0.05, 0) is 6.07 Å². The lowest BCUT2D eigenvalue weighted by atomic mass is 10.2. The minimum absolute atomic E-state index is 0.242. The normalized spacial score (nSPS) is 15.8. The number of nitrogens with one attached hydrogen (secondary N) is 1. The van der Waals surface area contributed by atoms with Crippen LogP contribution in [0.1, 0.15) is 0 Å². The van der Waals surface area contributed by atoms with Crippen molar-refractivity contribution < 1.29 is 4.74 Å². The van der Waals surface area contributed by atoms with E-state index in [-0.39, 0.29) is 5.84 Å². The van der Waals surface area contributed by atoms with Crippen LogP contribution in [0.4, 0.5) is 0 Å². The molecule has 6 heteroatoms. The van der Waals surface area contributed by atoms with Gasteiger partial charge in [0.1, 0.15) is 11.7 Å². The van der Waals surface area contributed by atoms with Gasteiger partial charge in [-0.3, -0.25) is 5.41 Å². The zero-order valence-electron chi connectivity index (χ0n) is 12.3. The van der Waals surface area contributed by atoms with Gasteiger partial charge in [0.2, 0.25) is 0 Å². The number of ether oxygens (including phenoxy) is 1. The number of hydrogen-bond acceptors (Lipinski definition) is 5. The number of aromatic nitrogens is 2. The number of nitrogens with zero attached hydrogens (tertiary/aromatic N) is 3. The van der Waals surface area contributed by atoms with Crippen molar-refractivity contribution in [2.45, 2.75) is 0 Å². The van der Waals surface area contributed by atoms with Gasteiger partial charge in [-0.2, -0.15) is 5.10 Å². The first-order valence-corrected chi connectivity index (χ1v) is 7.24. The molecular formula is C16H19N5O. The smallest absolute Gasteiger partial charge is 0.149 e. The van der Waals surface area contributed by atoms with Crippen molar-refractivity contribution in [2.75, 3.05) is 26.3 Å². The minimum atomic E-state index is 0.242. The topological polar surface area (TPSA) is 80.2 Å². The first-order chi connectivity index (χ1) is 10.7. The maximum atomic E-state index is 8.14. The molecule has 0 atom stereocenters. The lowest BCUT2D eigenvalue weighted by molar-refractivity contribution is 0.0531. The molecule has 1 aliphatic heterocycles. The van der Waals surface area contributed by atoms with Crippen LogP contribution in [0, 0.1) is 5.41 Å². The Labute approximate surface area is 129 Å². The Hall–Kier alpha value is -2.60. The fourth-order valence-electron chi connectivity index (χ4n) is 2.34. The molecule has 2 aromatic rings. The standard InChI is InChI=1S/C16H19N5O/c17-15(20-8-10-22-11-9-20)12-16(18)21-7-6-14(19-21)13-4-2-1-3-5-13/h1-7,12,18H,8-11,17H2/b15-12+,18-16?. The monoisotopic (exact) mass is 297 g/mol. The lowest BCUT2D eigenvalue weighted by Crippen LogP contribution is -2.38. The number of rotatable bonds is 3. The summed E-state index contributed by atoms with van der Waals surface area (Å²) in [5.74, 6) is 0.816. The first-order valence-electron chi connectivity index (χ1n) is 7.24. The maximum absolute atomic E-state index is 8.14. The van der Waals surface area contributed by atoms with Gasteiger partial charge in [0, 0.05) is 30.9 Å². The zero-order valence-corrected chi connectivity index (χ0v) is 12.3. The highest BCUT2D eigenvalue weighted by Gasteiger charge is 2.12. The van der Waals surface area contributed by atoms with Crippen molar-refractivity contribution in [1.82, 2.24) is 14.7 Å². The molecule has 3 N–H and O–H groups in total. The third-order valence-electron chi connectivity index (χ3n) is 3.57. The largest absolute Gasteiger partial charge is 0.385 e. The Morgan fingerprint density at radius 1 is 1.18 bits per heavy atom. The summed E-state index contributed by atoms with van der Waals surface area (Å²) in [4.78, 5) is 2.01. The van der Waals surface area contributed by atoms with E-state index in [0.717, 1.165) is 24.3 Å². The number of benzene rings is 1. The molecule has 1 aromatic heterocycles. The summed E-state index contributed by atoms with van der Waals surface area (Å²) in [5, 5.41) is 12.6. The van der Waals surface area contributed by atoms with E-state index < -0.39 is 0 Å². The van der Waals surface area contributed by atoms with Gasteiger partial charge >= 0.3 is 0 Å². The summed E-state index contributed by atoms with van der Waals surface area (Å²) in [6, 6.07) is 11.8. The van der Waals surface area contributed by atoms with E-state index in [2.05, 4.69) is 5.10 Å². The maximum Gasteiger partial charge on any atom is 0.149 e. The molecule has 6 nitrogen and oxygen atoms in total. The molecule has 3 rings (SSSR count). The zero-order chi connectivity index (χ0) is 15.4. The molecular weight excluding hydrogens is 278 g/mol. The minimum Gasteiger partial charge on any atom is -0.385 e.